The van der Waals surface area contributed by atoms with Gasteiger partial charge in [-0.3, -0.25) is 9.40 Å². The van der Waals surface area contributed by atoms with Crippen LogP contribution in [0, 0.1) is 0 Å². The first kappa shape index (κ1) is 11.8. The van der Waals surface area contributed by atoms with Gasteiger partial charge in [0.2, 0.25) is 0 Å². The van der Waals surface area contributed by atoms with Gasteiger partial charge in [-0.2, -0.15) is 13.5 Å². The van der Waals surface area contributed by atoms with E-state index in [-0.39, 0.29) is 16.0 Å². The molecule has 0 radical (unpaired) electrons. The van der Waals surface area contributed by atoms with Crippen LogP contribution in [0.4, 0.5) is 5.82 Å². The molecule has 7 nitrogen and oxygen atoms in total. The molecule has 90 valence electrons. The second-order valence-corrected chi connectivity index (χ2v) is 5.14. The number of sulfonamides is 1. The first-order valence-corrected chi connectivity index (χ1v) is 6.33. The molecule has 0 atom stereocenters. The second-order valence-electron chi connectivity index (χ2n) is 3.12. The molecular formula is C8H8ClN5O2S. The van der Waals surface area contributed by atoms with Crippen LogP contribution >= 0.6 is 11.6 Å². The van der Waals surface area contributed by atoms with Crippen LogP contribution in [0.5, 0.6) is 0 Å². The van der Waals surface area contributed by atoms with Crippen LogP contribution in [0.1, 0.15) is 0 Å². The monoisotopic (exact) mass is 273 g/mol. The van der Waals surface area contributed by atoms with Crippen LogP contribution in [0.25, 0.3) is 0 Å². The summed E-state index contributed by atoms with van der Waals surface area (Å²) < 4.78 is 27.4. The van der Waals surface area contributed by atoms with E-state index < -0.39 is 10.0 Å². The SMILES string of the molecule is Cn1nccc1S(=O)(=O)Nc1cc(Cl)ncn1. The van der Waals surface area contributed by atoms with Crippen molar-refractivity contribution in [1.29, 1.82) is 0 Å². The number of rotatable bonds is 3. The summed E-state index contributed by atoms with van der Waals surface area (Å²) in [5, 5.41) is 3.97. The van der Waals surface area contributed by atoms with Gasteiger partial charge in [0.1, 0.15) is 17.3 Å². The number of anilines is 1. The van der Waals surface area contributed by atoms with Crippen LogP contribution in [0.15, 0.2) is 29.7 Å². The van der Waals surface area contributed by atoms with Crippen molar-refractivity contribution in [2.24, 2.45) is 7.05 Å². The molecule has 2 rings (SSSR count). The average Bonchev–Trinajstić information content (AvgIpc) is 2.64. The molecular weight excluding hydrogens is 266 g/mol. The Morgan fingerprint density at radius 1 is 1.41 bits per heavy atom. The van der Waals surface area contributed by atoms with Crippen molar-refractivity contribution in [1.82, 2.24) is 19.7 Å². The molecule has 0 spiro atoms. The highest BCUT2D eigenvalue weighted by Gasteiger charge is 2.18. The molecule has 2 aromatic rings. The molecule has 0 aliphatic carbocycles. The molecule has 0 fully saturated rings. The number of hydrogen-bond donors (Lipinski definition) is 1. The molecule has 0 saturated carbocycles. The minimum absolute atomic E-state index is 0.0345. The molecule has 9 heteroatoms. The molecule has 0 aliphatic rings. The highest BCUT2D eigenvalue weighted by molar-refractivity contribution is 7.92. The molecule has 0 aliphatic heterocycles. The van der Waals surface area contributed by atoms with Gasteiger partial charge in [0.05, 0.1) is 6.20 Å². The Balaban J connectivity index is 2.33. The normalized spacial score (nSPS) is 11.4. The Bertz CT molecular complexity index is 639. The van der Waals surface area contributed by atoms with E-state index in [1.807, 2.05) is 0 Å². The minimum atomic E-state index is -3.72. The van der Waals surface area contributed by atoms with Crippen molar-refractivity contribution in [3.63, 3.8) is 0 Å². The Morgan fingerprint density at radius 3 is 2.76 bits per heavy atom. The average molecular weight is 274 g/mol. The third-order valence-electron chi connectivity index (χ3n) is 1.92. The summed E-state index contributed by atoms with van der Waals surface area (Å²) in [6.07, 6.45) is 2.56. The van der Waals surface area contributed by atoms with Gasteiger partial charge in [0, 0.05) is 13.1 Å². The molecule has 2 heterocycles. The van der Waals surface area contributed by atoms with E-state index in [1.165, 1.54) is 36.4 Å². The van der Waals surface area contributed by atoms with E-state index >= 15 is 0 Å². The summed E-state index contributed by atoms with van der Waals surface area (Å²) >= 11 is 5.63. The lowest BCUT2D eigenvalue weighted by Gasteiger charge is -2.06. The zero-order valence-corrected chi connectivity index (χ0v) is 10.3. The first-order valence-electron chi connectivity index (χ1n) is 4.47. The molecule has 0 saturated heterocycles. The molecule has 1 N–H and O–H groups in total. The van der Waals surface area contributed by atoms with E-state index in [4.69, 9.17) is 11.6 Å². The maximum absolute atomic E-state index is 11.9. The summed E-state index contributed by atoms with van der Waals surface area (Å²) in [5.41, 5.74) is 0. The van der Waals surface area contributed by atoms with Crippen molar-refractivity contribution in [2.45, 2.75) is 5.03 Å². The topological polar surface area (TPSA) is 89.8 Å². The van der Waals surface area contributed by atoms with Crippen molar-refractivity contribution >= 4 is 27.4 Å². The summed E-state index contributed by atoms with van der Waals surface area (Å²) in [7, 11) is -2.19. The van der Waals surface area contributed by atoms with Gasteiger partial charge in [-0.05, 0) is 6.07 Å². The number of aromatic nitrogens is 4. The van der Waals surface area contributed by atoms with Crippen molar-refractivity contribution in [3.05, 3.63) is 29.8 Å². The van der Waals surface area contributed by atoms with Gasteiger partial charge in [-0.15, -0.1) is 0 Å². The van der Waals surface area contributed by atoms with E-state index in [9.17, 15) is 8.42 Å². The lowest BCUT2D eigenvalue weighted by Crippen LogP contribution is -2.17. The first-order chi connectivity index (χ1) is 7.99. The van der Waals surface area contributed by atoms with E-state index in [2.05, 4.69) is 19.8 Å². The fourth-order valence-electron chi connectivity index (χ4n) is 1.20. The highest BCUT2D eigenvalue weighted by Crippen LogP contribution is 2.14. The number of nitrogens with zero attached hydrogens (tertiary/aromatic N) is 4. The summed E-state index contributed by atoms with van der Waals surface area (Å²) in [6.45, 7) is 0. The maximum atomic E-state index is 11.9. The molecule has 2 aromatic heterocycles. The Morgan fingerprint density at radius 2 is 2.18 bits per heavy atom. The number of halogens is 1. The standard InChI is InChI=1S/C8H8ClN5O2S/c1-14-8(2-3-12-14)17(15,16)13-7-4-6(9)10-5-11-7/h2-5H,1H3,(H,10,11,13). The van der Waals surface area contributed by atoms with Crippen LogP contribution in [0.2, 0.25) is 5.15 Å². The van der Waals surface area contributed by atoms with Crippen LogP contribution in [-0.2, 0) is 17.1 Å². The predicted octanol–water partition coefficient (Wildman–Crippen LogP) is 0.664. The summed E-state index contributed by atoms with van der Waals surface area (Å²) in [6, 6.07) is 2.70. The van der Waals surface area contributed by atoms with Gasteiger partial charge in [0.15, 0.2) is 5.03 Å². The van der Waals surface area contributed by atoms with E-state index in [0.29, 0.717) is 0 Å². The van der Waals surface area contributed by atoms with Gasteiger partial charge in [-0.1, -0.05) is 11.6 Å². The fraction of sp³-hybridized carbons (Fsp3) is 0.125. The molecule has 0 aromatic carbocycles. The molecule has 0 bridgehead atoms. The zero-order chi connectivity index (χ0) is 12.5. The van der Waals surface area contributed by atoms with Gasteiger partial charge < -0.3 is 0 Å². The third kappa shape index (κ3) is 2.53. The van der Waals surface area contributed by atoms with E-state index in [0.717, 1.165) is 0 Å². The van der Waals surface area contributed by atoms with Crippen LogP contribution in [0.3, 0.4) is 0 Å². The lowest BCUT2D eigenvalue weighted by molar-refractivity contribution is 0.582. The predicted molar refractivity (Wildman–Crippen MR) is 61.1 cm³/mol. The largest absolute Gasteiger partial charge is 0.280 e. The van der Waals surface area contributed by atoms with Crippen molar-refractivity contribution < 1.29 is 8.42 Å². The highest BCUT2D eigenvalue weighted by atomic mass is 35.5. The Hall–Kier alpha value is -1.67. The summed E-state index contributed by atoms with van der Waals surface area (Å²) in [5.74, 6) is 0.103. The van der Waals surface area contributed by atoms with Crippen molar-refractivity contribution in [3.8, 4) is 0 Å². The Kier molecular flexibility index (Phi) is 2.99. The van der Waals surface area contributed by atoms with Gasteiger partial charge in [-0.25, -0.2) is 9.97 Å². The smallest absolute Gasteiger partial charge is 0.262 e. The molecule has 0 unspecified atom stereocenters. The maximum Gasteiger partial charge on any atom is 0.280 e. The van der Waals surface area contributed by atoms with E-state index in [1.54, 1.807) is 0 Å². The molecule has 0 amide bonds. The number of nitrogens with one attached hydrogen (secondary N) is 1. The third-order valence-corrected chi connectivity index (χ3v) is 3.56. The van der Waals surface area contributed by atoms with Gasteiger partial charge in [0.25, 0.3) is 10.0 Å². The Labute approximate surface area is 103 Å². The lowest BCUT2D eigenvalue weighted by atomic mass is 10.6. The van der Waals surface area contributed by atoms with Gasteiger partial charge >= 0.3 is 0 Å². The van der Waals surface area contributed by atoms with Crippen LogP contribution < -0.4 is 4.72 Å². The van der Waals surface area contributed by atoms with Crippen LogP contribution in [-0.4, -0.2) is 28.2 Å². The number of hydrogen-bond acceptors (Lipinski definition) is 5. The fourth-order valence-corrected chi connectivity index (χ4v) is 2.48. The number of aryl methyl sites for hydroxylation is 1. The zero-order valence-electron chi connectivity index (χ0n) is 8.70. The second kappa shape index (κ2) is 4.30. The molecule has 17 heavy (non-hydrogen) atoms. The summed E-state index contributed by atoms with van der Waals surface area (Å²) in [4.78, 5) is 7.40. The minimum Gasteiger partial charge on any atom is -0.262 e. The quantitative estimate of drug-likeness (QED) is 0.830. The van der Waals surface area contributed by atoms with Crippen molar-refractivity contribution in [2.75, 3.05) is 4.72 Å².